The third-order valence-electron chi connectivity index (χ3n) is 2.79. The van der Waals surface area contributed by atoms with Gasteiger partial charge in [0, 0.05) is 33.4 Å². The molecule has 0 fully saturated rings. The SMILES string of the molecule is CC(=O)NC(CSCc1sc2ccccc2c1Cl)C(=O)O. The molecule has 0 aliphatic heterocycles. The summed E-state index contributed by atoms with van der Waals surface area (Å²) < 4.78 is 1.12. The summed E-state index contributed by atoms with van der Waals surface area (Å²) in [6, 6.07) is 7.01. The molecular formula is C14H14ClNO3S2. The minimum absolute atomic E-state index is 0.305. The predicted molar refractivity (Wildman–Crippen MR) is 88.2 cm³/mol. The second-order valence-corrected chi connectivity index (χ2v) is 6.99. The monoisotopic (exact) mass is 343 g/mol. The predicted octanol–water partition coefficient (Wildman–Crippen LogP) is 3.38. The average molecular weight is 344 g/mol. The number of thiophene rings is 1. The summed E-state index contributed by atoms with van der Waals surface area (Å²) in [5.74, 6) is -0.441. The van der Waals surface area contributed by atoms with Crippen molar-refractivity contribution in [3.05, 3.63) is 34.2 Å². The van der Waals surface area contributed by atoms with E-state index in [0.717, 1.165) is 20.0 Å². The lowest BCUT2D eigenvalue weighted by atomic mass is 10.2. The number of carbonyl (C=O) groups excluding carboxylic acids is 1. The number of amides is 1. The number of carboxylic acids is 1. The number of rotatable bonds is 6. The largest absolute Gasteiger partial charge is 0.480 e. The first-order chi connectivity index (χ1) is 9.99. The molecule has 0 aliphatic rings. The van der Waals surface area contributed by atoms with Gasteiger partial charge in [0.05, 0.1) is 5.02 Å². The van der Waals surface area contributed by atoms with Crippen LogP contribution in [0.5, 0.6) is 0 Å². The molecule has 1 amide bonds. The van der Waals surface area contributed by atoms with Gasteiger partial charge in [-0.1, -0.05) is 29.8 Å². The van der Waals surface area contributed by atoms with Crippen LogP contribution in [0.15, 0.2) is 24.3 Å². The molecular weight excluding hydrogens is 330 g/mol. The molecule has 1 aromatic heterocycles. The fraction of sp³-hybridized carbons (Fsp3) is 0.286. The lowest BCUT2D eigenvalue weighted by molar-refractivity contribution is -0.140. The van der Waals surface area contributed by atoms with Crippen molar-refractivity contribution in [2.24, 2.45) is 0 Å². The Bertz CT molecular complexity index is 671. The molecule has 21 heavy (non-hydrogen) atoms. The van der Waals surface area contributed by atoms with Gasteiger partial charge in [-0.2, -0.15) is 11.8 Å². The molecule has 1 atom stereocenters. The Hall–Kier alpha value is -1.24. The van der Waals surface area contributed by atoms with Crippen molar-refractivity contribution >= 4 is 56.7 Å². The van der Waals surface area contributed by atoms with Crippen molar-refractivity contribution in [2.45, 2.75) is 18.7 Å². The van der Waals surface area contributed by atoms with Crippen LogP contribution < -0.4 is 5.32 Å². The highest BCUT2D eigenvalue weighted by Gasteiger charge is 2.19. The van der Waals surface area contributed by atoms with E-state index in [1.54, 1.807) is 11.3 Å². The highest BCUT2D eigenvalue weighted by Crippen LogP contribution is 2.37. The second kappa shape index (κ2) is 7.15. The van der Waals surface area contributed by atoms with Crippen LogP contribution in [0.2, 0.25) is 5.02 Å². The molecule has 0 aliphatic carbocycles. The number of hydrogen-bond acceptors (Lipinski definition) is 4. The zero-order valence-corrected chi connectivity index (χ0v) is 13.6. The van der Waals surface area contributed by atoms with E-state index in [1.807, 2.05) is 24.3 Å². The fourth-order valence-corrected chi connectivity index (χ4v) is 4.62. The fourth-order valence-electron chi connectivity index (χ4n) is 1.85. The number of benzene rings is 1. The second-order valence-electron chi connectivity index (χ2n) is 4.44. The first-order valence-corrected chi connectivity index (χ1v) is 8.57. The Kier molecular flexibility index (Phi) is 5.50. The smallest absolute Gasteiger partial charge is 0.327 e. The summed E-state index contributed by atoms with van der Waals surface area (Å²) in [5, 5.41) is 13.2. The molecule has 0 saturated carbocycles. The Morgan fingerprint density at radius 2 is 2.14 bits per heavy atom. The third kappa shape index (κ3) is 4.12. The van der Waals surface area contributed by atoms with Gasteiger partial charge in [0.25, 0.3) is 0 Å². The van der Waals surface area contributed by atoms with E-state index in [1.165, 1.54) is 18.7 Å². The first kappa shape index (κ1) is 16.1. The molecule has 7 heteroatoms. The zero-order valence-electron chi connectivity index (χ0n) is 11.3. The maximum absolute atomic E-state index is 11.0. The molecule has 0 saturated heterocycles. The Morgan fingerprint density at radius 1 is 1.43 bits per heavy atom. The Labute approximate surface area is 135 Å². The first-order valence-electron chi connectivity index (χ1n) is 6.22. The summed E-state index contributed by atoms with van der Waals surface area (Å²) in [6.07, 6.45) is 0. The molecule has 1 unspecified atom stereocenters. The van der Waals surface area contributed by atoms with Gasteiger partial charge in [0.15, 0.2) is 0 Å². The summed E-state index contributed by atoms with van der Waals surface area (Å²) >= 11 is 9.39. The van der Waals surface area contributed by atoms with E-state index in [2.05, 4.69) is 5.32 Å². The molecule has 0 spiro atoms. The number of halogens is 1. The summed E-state index contributed by atoms with van der Waals surface area (Å²) in [4.78, 5) is 23.0. The molecule has 2 N–H and O–H groups in total. The quantitative estimate of drug-likeness (QED) is 0.843. The van der Waals surface area contributed by atoms with Gasteiger partial charge in [-0.25, -0.2) is 4.79 Å². The molecule has 2 rings (SSSR count). The van der Waals surface area contributed by atoms with Crippen molar-refractivity contribution in [3.63, 3.8) is 0 Å². The Balaban J connectivity index is 1.99. The van der Waals surface area contributed by atoms with Gasteiger partial charge in [0.2, 0.25) is 5.91 Å². The van der Waals surface area contributed by atoms with E-state index >= 15 is 0 Å². The lowest BCUT2D eigenvalue weighted by Gasteiger charge is -2.12. The number of nitrogens with one attached hydrogen (secondary N) is 1. The number of hydrogen-bond donors (Lipinski definition) is 2. The van der Waals surface area contributed by atoms with Crippen molar-refractivity contribution in [1.82, 2.24) is 5.32 Å². The van der Waals surface area contributed by atoms with Crippen LogP contribution in [0.4, 0.5) is 0 Å². The van der Waals surface area contributed by atoms with Crippen LogP contribution in [0, 0.1) is 0 Å². The van der Waals surface area contributed by atoms with Crippen molar-refractivity contribution in [1.29, 1.82) is 0 Å². The maximum Gasteiger partial charge on any atom is 0.327 e. The number of carboxylic acid groups (broad SMARTS) is 1. The molecule has 2 aromatic rings. The van der Waals surface area contributed by atoms with Gasteiger partial charge < -0.3 is 10.4 Å². The molecule has 1 heterocycles. The number of fused-ring (bicyclic) bond motifs is 1. The number of carbonyl (C=O) groups is 2. The van der Waals surface area contributed by atoms with Gasteiger partial charge >= 0.3 is 5.97 Å². The zero-order chi connectivity index (χ0) is 15.4. The van der Waals surface area contributed by atoms with Crippen LogP contribution in [-0.2, 0) is 15.3 Å². The molecule has 1 aromatic carbocycles. The van der Waals surface area contributed by atoms with Crippen molar-refractivity contribution in [3.8, 4) is 0 Å². The van der Waals surface area contributed by atoms with Crippen LogP contribution in [-0.4, -0.2) is 28.8 Å². The molecule has 0 bridgehead atoms. The van der Waals surface area contributed by atoms with E-state index < -0.39 is 12.0 Å². The van der Waals surface area contributed by atoms with E-state index in [0.29, 0.717) is 11.5 Å². The summed E-state index contributed by atoms with van der Waals surface area (Å²) in [5.41, 5.74) is 0. The highest BCUT2D eigenvalue weighted by molar-refractivity contribution is 7.98. The van der Waals surface area contributed by atoms with Crippen molar-refractivity contribution < 1.29 is 14.7 Å². The molecule has 4 nitrogen and oxygen atoms in total. The topological polar surface area (TPSA) is 66.4 Å². The minimum Gasteiger partial charge on any atom is -0.480 e. The summed E-state index contributed by atoms with van der Waals surface area (Å²) in [6.45, 7) is 1.31. The van der Waals surface area contributed by atoms with Crippen molar-refractivity contribution in [2.75, 3.05) is 5.75 Å². The summed E-state index contributed by atoms with van der Waals surface area (Å²) in [7, 11) is 0. The minimum atomic E-state index is -1.03. The normalized spacial score (nSPS) is 12.3. The van der Waals surface area contributed by atoms with Crippen LogP contribution in [0.1, 0.15) is 11.8 Å². The number of thioether (sulfide) groups is 1. The molecule has 112 valence electrons. The highest BCUT2D eigenvalue weighted by atomic mass is 35.5. The van der Waals surface area contributed by atoms with Crippen LogP contribution >= 0.6 is 34.7 Å². The molecule has 0 radical (unpaired) electrons. The lowest BCUT2D eigenvalue weighted by Crippen LogP contribution is -2.41. The standard InChI is InChI=1S/C14H14ClNO3S2/c1-8(17)16-10(14(18)19)6-20-7-12-13(15)9-4-2-3-5-11(9)21-12/h2-5,10H,6-7H2,1H3,(H,16,17)(H,18,19). The van der Waals surface area contributed by atoms with Crippen LogP contribution in [0.3, 0.4) is 0 Å². The Morgan fingerprint density at radius 3 is 2.76 bits per heavy atom. The van der Waals surface area contributed by atoms with Gasteiger partial charge in [-0.05, 0) is 6.07 Å². The van der Waals surface area contributed by atoms with E-state index in [4.69, 9.17) is 16.7 Å². The van der Waals surface area contributed by atoms with E-state index in [-0.39, 0.29) is 5.91 Å². The number of aliphatic carboxylic acids is 1. The van der Waals surface area contributed by atoms with Gasteiger partial charge in [0.1, 0.15) is 6.04 Å². The van der Waals surface area contributed by atoms with E-state index in [9.17, 15) is 9.59 Å². The third-order valence-corrected chi connectivity index (χ3v) is 5.75. The van der Waals surface area contributed by atoms with Crippen LogP contribution in [0.25, 0.3) is 10.1 Å². The van der Waals surface area contributed by atoms with Gasteiger partial charge in [-0.15, -0.1) is 11.3 Å². The maximum atomic E-state index is 11.0. The van der Waals surface area contributed by atoms with Gasteiger partial charge in [-0.3, -0.25) is 4.79 Å². The average Bonchev–Trinajstić information content (AvgIpc) is 2.74.